The second-order valence-corrected chi connectivity index (χ2v) is 11.0. The largest absolute Gasteiger partial charge is 0.309 e. The summed E-state index contributed by atoms with van der Waals surface area (Å²) in [5.41, 5.74) is 8.69. The highest BCUT2D eigenvalue weighted by Crippen LogP contribution is 2.32. The van der Waals surface area contributed by atoms with Crippen molar-refractivity contribution in [1.29, 1.82) is 0 Å². The quantitative estimate of drug-likeness (QED) is 0.185. The summed E-state index contributed by atoms with van der Waals surface area (Å²) in [7, 11) is 0. The maximum Gasteiger partial charge on any atom is 0.164 e. The van der Waals surface area contributed by atoms with Crippen molar-refractivity contribution in [2.45, 2.75) is 0 Å². The molecule has 0 aliphatic rings. The zero-order valence-corrected chi connectivity index (χ0v) is 24.5. The Morgan fingerprint density at radius 1 is 0.356 bits per heavy atom. The van der Waals surface area contributed by atoms with Crippen LogP contribution in [0.4, 0.5) is 0 Å². The van der Waals surface area contributed by atoms with Crippen LogP contribution < -0.4 is 0 Å². The fraction of sp³-hybridized carbons (Fsp3) is 0. The predicted octanol–water partition coefficient (Wildman–Crippen LogP) is 10.1. The summed E-state index contributed by atoms with van der Waals surface area (Å²) in [6.45, 7) is 0. The monoisotopic (exact) mass is 576 g/mol. The van der Waals surface area contributed by atoms with E-state index in [4.69, 9.17) is 15.0 Å². The maximum atomic E-state index is 4.85. The van der Waals surface area contributed by atoms with E-state index in [1.54, 1.807) is 0 Å². The molecular formula is C41H28N4. The standard InChI is InChI=1S/C41H28N4/c1-3-11-31(12-4-1)39-42-40(32-13-5-2-6-14-32)44-41(43-39)33-25-21-29(22-26-33)19-20-30-23-27-34(28-24-30)45-37-17-9-7-15-35(37)36-16-8-10-18-38(36)45/h1-28H/b20-19+. The predicted molar refractivity (Wildman–Crippen MR) is 186 cm³/mol. The summed E-state index contributed by atoms with van der Waals surface area (Å²) in [6, 6.07) is 54.4. The van der Waals surface area contributed by atoms with E-state index >= 15 is 0 Å². The molecule has 45 heavy (non-hydrogen) atoms. The minimum Gasteiger partial charge on any atom is -0.309 e. The van der Waals surface area contributed by atoms with E-state index in [1.807, 2.05) is 60.7 Å². The Labute approximate surface area is 261 Å². The minimum absolute atomic E-state index is 0.652. The molecule has 0 saturated carbocycles. The second-order valence-electron chi connectivity index (χ2n) is 11.0. The SMILES string of the molecule is C(=C\c1ccc(-n2c3ccccc3c3ccccc32)cc1)/c1ccc(-c2nc(-c3ccccc3)nc(-c3ccccc3)n2)cc1. The van der Waals surface area contributed by atoms with Crippen molar-refractivity contribution in [2.24, 2.45) is 0 Å². The van der Waals surface area contributed by atoms with Gasteiger partial charge in [0.2, 0.25) is 0 Å². The number of hydrogen-bond donors (Lipinski definition) is 0. The molecule has 0 amide bonds. The smallest absolute Gasteiger partial charge is 0.164 e. The number of nitrogens with zero attached hydrogens (tertiary/aromatic N) is 4. The van der Waals surface area contributed by atoms with E-state index in [9.17, 15) is 0 Å². The van der Waals surface area contributed by atoms with Crippen molar-refractivity contribution in [1.82, 2.24) is 19.5 Å². The van der Waals surface area contributed by atoms with Crippen LogP contribution in [0.3, 0.4) is 0 Å². The van der Waals surface area contributed by atoms with Gasteiger partial charge in [0.15, 0.2) is 17.5 Å². The van der Waals surface area contributed by atoms with E-state index in [2.05, 4.69) is 114 Å². The summed E-state index contributed by atoms with van der Waals surface area (Å²) in [4.78, 5) is 14.5. The molecule has 212 valence electrons. The molecule has 0 spiro atoms. The molecule has 0 bridgehead atoms. The molecular weight excluding hydrogens is 548 g/mol. The van der Waals surface area contributed by atoms with Crippen molar-refractivity contribution in [2.75, 3.05) is 0 Å². The van der Waals surface area contributed by atoms with Crippen LogP contribution in [0.15, 0.2) is 158 Å². The molecule has 0 fully saturated rings. The van der Waals surface area contributed by atoms with Gasteiger partial charge in [-0.15, -0.1) is 0 Å². The van der Waals surface area contributed by atoms with Crippen LogP contribution in [0.25, 0.3) is 73.8 Å². The van der Waals surface area contributed by atoms with Gasteiger partial charge < -0.3 is 4.57 Å². The zero-order chi connectivity index (χ0) is 30.0. The lowest BCUT2D eigenvalue weighted by Gasteiger charge is -2.08. The van der Waals surface area contributed by atoms with Gasteiger partial charge in [0, 0.05) is 33.2 Å². The Morgan fingerprint density at radius 2 is 0.733 bits per heavy atom. The molecule has 0 radical (unpaired) electrons. The second kappa shape index (κ2) is 11.5. The van der Waals surface area contributed by atoms with Gasteiger partial charge in [0.05, 0.1) is 11.0 Å². The fourth-order valence-electron chi connectivity index (χ4n) is 5.81. The highest BCUT2D eigenvalue weighted by molar-refractivity contribution is 6.09. The fourth-order valence-corrected chi connectivity index (χ4v) is 5.81. The number of fused-ring (bicyclic) bond motifs is 3. The first-order valence-electron chi connectivity index (χ1n) is 15.0. The van der Waals surface area contributed by atoms with Crippen LogP contribution >= 0.6 is 0 Å². The highest BCUT2D eigenvalue weighted by atomic mass is 15.0. The Kier molecular flexibility index (Phi) is 6.78. The lowest BCUT2D eigenvalue weighted by molar-refractivity contribution is 1.07. The van der Waals surface area contributed by atoms with Crippen LogP contribution in [0.1, 0.15) is 11.1 Å². The van der Waals surface area contributed by atoms with Crippen LogP contribution in [-0.2, 0) is 0 Å². The number of aromatic nitrogens is 4. The molecule has 8 rings (SSSR count). The van der Waals surface area contributed by atoms with Crippen molar-refractivity contribution in [3.05, 3.63) is 169 Å². The molecule has 0 unspecified atom stereocenters. The van der Waals surface area contributed by atoms with Crippen LogP contribution in [0.2, 0.25) is 0 Å². The lowest BCUT2D eigenvalue weighted by atomic mass is 10.1. The molecule has 4 nitrogen and oxygen atoms in total. The van der Waals surface area contributed by atoms with Crippen LogP contribution in [-0.4, -0.2) is 19.5 Å². The van der Waals surface area contributed by atoms with Gasteiger partial charge in [-0.05, 0) is 35.4 Å². The van der Waals surface area contributed by atoms with Gasteiger partial charge in [0.25, 0.3) is 0 Å². The molecule has 0 atom stereocenters. The van der Waals surface area contributed by atoms with Gasteiger partial charge in [-0.25, -0.2) is 15.0 Å². The van der Waals surface area contributed by atoms with Gasteiger partial charge in [-0.3, -0.25) is 0 Å². The summed E-state index contributed by atoms with van der Waals surface area (Å²) in [6.07, 6.45) is 4.28. The summed E-state index contributed by atoms with van der Waals surface area (Å²) < 4.78 is 2.34. The van der Waals surface area contributed by atoms with E-state index < -0.39 is 0 Å². The third kappa shape index (κ3) is 5.19. The van der Waals surface area contributed by atoms with E-state index in [1.165, 1.54) is 21.8 Å². The summed E-state index contributed by atoms with van der Waals surface area (Å²) >= 11 is 0. The first-order chi connectivity index (χ1) is 22.3. The molecule has 8 aromatic rings. The van der Waals surface area contributed by atoms with Crippen molar-refractivity contribution in [3.63, 3.8) is 0 Å². The first kappa shape index (κ1) is 26.5. The Morgan fingerprint density at radius 3 is 1.20 bits per heavy atom. The third-order valence-electron chi connectivity index (χ3n) is 8.07. The average Bonchev–Trinajstić information content (AvgIpc) is 3.46. The molecule has 2 heterocycles. The minimum atomic E-state index is 0.652. The van der Waals surface area contributed by atoms with Crippen LogP contribution in [0, 0.1) is 0 Å². The topological polar surface area (TPSA) is 43.6 Å². The van der Waals surface area contributed by atoms with E-state index in [-0.39, 0.29) is 0 Å². The zero-order valence-electron chi connectivity index (χ0n) is 24.5. The molecule has 4 heteroatoms. The number of benzene rings is 6. The van der Waals surface area contributed by atoms with Gasteiger partial charge in [-0.2, -0.15) is 0 Å². The lowest BCUT2D eigenvalue weighted by Crippen LogP contribution is -2.00. The van der Waals surface area contributed by atoms with Crippen molar-refractivity contribution >= 4 is 34.0 Å². The molecule has 2 aromatic heterocycles. The normalized spacial score (nSPS) is 11.5. The molecule has 0 N–H and O–H groups in total. The third-order valence-corrected chi connectivity index (χ3v) is 8.07. The number of para-hydroxylation sites is 2. The number of rotatable bonds is 6. The molecule has 0 saturated heterocycles. The number of hydrogen-bond acceptors (Lipinski definition) is 3. The van der Waals surface area contributed by atoms with E-state index in [0.29, 0.717) is 17.5 Å². The molecule has 6 aromatic carbocycles. The van der Waals surface area contributed by atoms with Gasteiger partial charge in [-0.1, -0.05) is 146 Å². The van der Waals surface area contributed by atoms with Gasteiger partial charge >= 0.3 is 0 Å². The average molecular weight is 577 g/mol. The Hall–Kier alpha value is -6.13. The van der Waals surface area contributed by atoms with Crippen LogP contribution in [0.5, 0.6) is 0 Å². The first-order valence-corrected chi connectivity index (χ1v) is 15.0. The Bertz CT molecular complexity index is 2170. The molecule has 0 aliphatic heterocycles. The molecule has 0 aliphatic carbocycles. The van der Waals surface area contributed by atoms with Crippen molar-refractivity contribution < 1.29 is 0 Å². The van der Waals surface area contributed by atoms with Gasteiger partial charge in [0.1, 0.15) is 0 Å². The van der Waals surface area contributed by atoms with Crippen molar-refractivity contribution in [3.8, 4) is 39.9 Å². The maximum absolute atomic E-state index is 4.85. The van der Waals surface area contributed by atoms with E-state index in [0.717, 1.165) is 33.5 Å². The summed E-state index contributed by atoms with van der Waals surface area (Å²) in [5, 5.41) is 2.54. The highest BCUT2D eigenvalue weighted by Gasteiger charge is 2.13. The Balaban J connectivity index is 1.07. The summed E-state index contributed by atoms with van der Waals surface area (Å²) in [5.74, 6) is 1.97.